The van der Waals surface area contributed by atoms with Gasteiger partial charge in [0.1, 0.15) is 0 Å². The second kappa shape index (κ2) is 7.72. The fraction of sp³-hybridized carbons (Fsp3) is 0.400. The van der Waals surface area contributed by atoms with Crippen molar-refractivity contribution in [2.24, 2.45) is 0 Å². The summed E-state index contributed by atoms with van der Waals surface area (Å²) in [5.74, 6) is 0.796. The summed E-state index contributed by atoms with van der Waals surface area (Å²) in [7, 11) is 0. The third-order valence-corrected chi connectivity index (χ3v) is 4.89. The first-order chi connectivity index (χ1) is 11.2. The van der Waals surface area contributed by atoms with Crippen LogP contribution in [0.4, 0.5) is 5.95 Å². The molecule has 1 amide bonds. The minimum Gasteiger partial charge on any atom is -0.350 e. The quantitative estimate of drug-likeness (QED) is 0.887. The predicted molar refractivity (Wildman–Crippen MR) is 91.9 cm³/mol. The number of nitrogens with zero attached hydrogens (tertiary/aromatic N) is 4. The van der Waals surface area contributed by atoms with Crippen molar-refractivity contribution in [3.05, 3.63) is 39.8 Å². The Balaban J connectivity index is 1.41. The fourth-order valence-electron chi connectivity index (χ4n) is 2.45. The molecule has 1 aliphatic rings. The first-order valence-corrected chi connectivity index (χ1v) is 8.65. The molecule has 6 nitrogen and oxygen atoms in total. The first-order valence-electron chi connectivity index (χ1n) is 7.46. The van der Waals surface area contributed by atoms with Crippen molar-refractivity contribution in [2.75, 3.05) is 37.6 Å². The molecule has 0 spiro atoms. The fourth-order valence-corrected chi connectivity index (χ4v) is 3.48. The molecular weight excluding hydrogens is 334 g/mol. The minimum absolute atomic E-state index is 0.0407. The molecule has 0 aliphatic carbocycles. The molecule has 2 aromatic rings. The standard InChI is InChI=1S/C15H18ClN5OS/c16-13-3-2-12(23-13)10-19-14(22)11-20-6-8-21(9-7-20)15-17-4-1-5-18-15/h1-5H,6-11H2,(H,19,22). The zero-order valence-corrected chi connectivity index (χ0v) is 14.2. The van der Waals surface area contributed by atoms with E-state index in [1.54, 1.807) is 12.4 Å². The number of amides is 1. The van der Waals surface area contributed by atoms with Crippen LogP contribution in [0.5, 0.6) is 0 Å². The molecule has 3 heterocycles. The summed E-state index contributed by atoms with van der Waals surface area (Å²) in [6, 6.07) is 5.59. The average molecular weight is 352 g/mol. The molecule has 1 fully saturated rings. The van der Waals surface area contributed by atoms with Gasteiger partial charge in [0.25, 0.3) is 0 Å². The maximum atomic E-state index is 12.0. The average Bonchev–Trinajstić information content (AvgIpc) is 3.00. The van der Waals surface area contributed by atoms with Crippen molar-refractivity contribution in [3.8, 4) is 0 Å². The van der Waals surface area contributed by atoms with Crippen molar-refractivity contribution < 1.29 is 4.79 Å². The number of aromatic nitrogens is 2. The van der Waals surface area contributed by atoms with Gasteiger partial charge in [0, 0.05) is 43.4 Å². The van der Waals surface area contributed by atoms with Crippen LogP contribution in [-0.4, -0.2) is 53.5 Å². The number of thiophene rings is 1. The van der Waals surface area contributed by atoms with Crippen LogP contribution in [0.15, 0.2) is 30.6 Å². The smallest absolute Gasteiger partial charge is 0.234 e. The molecule has 0 unspecified atom stereocenters. The maximum Gasteiger partial charge on any atom is 0.234 e. The molecule has 0 atom stereocenters. The summed E-state index contributed by atoms with van der Waals surface area (Å²) in [4.78, 5) is 25.9. The van der Waals surface area contributed by atoms with Crippen LogP contribution in [0, 0.1) is 0 Å². The molecular formula is C15H18ClN5OS. The number of rotatable bonds is 5. The van der Waals surface area contributed by atoms with Crippen LogP contribution in [0.2, 0.25) is 4.34 Å². The van der Waals surface area contributed by atoms with Crippen LogP contribution < -0.4 is 10.2 Å². The highest BCUT2D eigenvalue weighted by Gasteiger charge is 2.20. The summed E-state index contributed by atoms with van der Waals surface area (Å²) in [6.45, 7) is 4.28. The van der Waals surface area contributed by atoms with Crippen LogP contribution in [-0.2, 0) is 11.3 Å². The summed E-state index contributed by atoms with van der Waals surface area (Å²) < 4.78 is 0.744. The molecule has 3 rings (SSSR count). The van der Waals surface area contributed by atoms with Crippen LogP contribution in [0.3, 0.4) is 0 Å². The number of anilines is 1. The van der Waals surface area contributed by atoms with Crippen molar-refractivity contribution in [1.29, 1.82) is 0 Å². The monoisotopic (exact) mass is 351 g/mol. The molecule has 0 aromatic carbocycles. The molecule has 0 saturated carbocycles. The van der Waals surface area contributed by atoms with Gasteiger partial charge in [-0.25, -0.2) is 9.97 Å². The van der Waals surface area contributed by atoms with Gasteiger partial charge in [0.2, 0.25) is 11.9 Å². The lowest BCUT2D eigenvalue weighted by molar-refractivity contribution is -0.122. The maximum absolute atomic E-state index is 12.0. The molecule has 23 heavy (non-hydrogen) atoms. The van der Waals surface area contributed by atoms with E-state index in [0.717, 1.165) is 41.3 Å². The Morgan fingerprint density at radius 1 is 1.22 bits per heavy atom. The Morgan fingerprint density at radius 2 is 1.96 bits per heavy atom. The SMILES string of the molecule is O=C(CN1CCN(c2ncccn2)CC1)NCc1ccc(Cl)s1. The number of carbonyl (C=O) groups excluding carboxylic acids is 1. The normalized spacial score (nSPS) is 15.6. The highest BCUT2D eigenvalue weighted by Crippen LogP contribution is 2.20. The molecule has 0 bridgehead atoms. The number of nitrogens with one attached hydrogen (secondary N) is 1. The molecule has 0 radical (unpaired) electrons. The van der Waals surface area contributed by atoms with Gasteiger partial charge in [-0.1, -0.05) is 11.6 Å². The first kappa shape index (κ1) is 16.2. The van der Waals surface area contributed by atoms with E-state index >= 15 is 0 Å². The Kier molecular flexibility index (Phi) is 5.43. The number of carbonyl (C=O) groups is 1. The van der Waals surface area contributed by atoms with Crippen molar-refractivity contribution in [1.82, 2.24) is 20.2 Å². The van der Waals surface area contributed by atoms with E-state index in [-0.39, 0.29) is 5.91 Å². The number of hydrogen-bond donors (Lipinski definition) is 1. The largest absolute Gasteiger partial charge is 0.350 e. The van der Waals surface area contributed by atoms with E-state index in [2.05, 4.69) is 25.1 Å². The predicted octanol–water partition coefficient (Wildman–Crippen LogP) is 1.63. The Bertz CT molecular complexity index is 642. The highest BCUT2D eigenvalue weighted by molar-refractivity contribution is 7.16. The van der Waals surface area contributed by atoms with E-state index in [4.69, 9.17) is 11.6 Å². The van der Waals surface area contributed by atoms with Gasteiger partial charge in [-0.15, -0.1) is 11.3 Å². The van der Waals surface area contributed by atoms with Gasteiger partial charge in [-0.3, -0.25) is 9.69 Å². The summed E-state index contributed by atoms with van der Waals surface area (Å²) in [5, 5.41) is 2.94. The summed E-state index contributed by atoms with van der Waals surface area (Å²) >= 11 is 7.37. The number of hydrogen-bond acceptors (Lipinski definition) is 6. The summed E-state index contributed by atoms with van der Waals surface area (Å²) in [5.41, 5.74) is 0. The van der Waals surface area contributed by atoms with Gasteiger partial charge in [-0.05, 0) is 18.2 Å². The van der Waals surface area contributed by atoms with Crippen LogP contribution >= 0.6 is 22.9 Å². The van der Waals surface area contributed by atoms with Gasteiger partial charge in [0.05, 0.1) is 17.4 Å². The van der Waals surface area contributed by atoms with Gasteiger partial charge in [0.15, 0.2) is 0 Å². The molecule has 122 valence electrons. The Hall–Kier alpha value is -1.70. The van der Waals surface area contributed by atoms with Crippen molar-refractivity contribution in [3.63, 3.8) is 0 Å². The molecule has 1 saturated heterocycles. The van der Waals surface area contributed by atoms with Gasteiger partial charge in [-0.2, -0.15) is 0 Å². The van der Waals surface area contributed by atoms with E-state index in [0.29, 0.717) is 13.1 Å². The molecule has 8 heteroatoms. The topological polar surface area (TPSA) is 61.4 Å². The zero-order chi connectivity index (χ0) is 16.1. The second-order valence-electron chi connectivity index (χ2n) is 5.29. The second-order valence-corrected chi connectivity index (χ2v) is 7.09. The van der Waals surface area contributed by atoms with E-state index in [1.165, 1.54) is 11.3 Å². The third kappa shape index (κ3) is 4.63. The molecule has 1 aliphatic heterocycles. The highest BCUT2D eigenvalue weighted by atomic mass is 35.5. The van der Waals surface area contributed by atoms with Crippen LogP contribution in [0.1, 0.15) is 4.88 Å². The zero-order valence-electron chi connectivity index (χ0n) is 12.6. The lowest BCUT2D eigenvalue weighted by atomic mass is 10.3. The summed E-state index contributed by atoms with van der Waals surface area (Å²) in [6.07, 6.45) is 3.50. The molecule has 1 N–H and O–H groups in total. The van der Waals surface area contributed by atoms with Gasteiger partial charge < -0.3 is 10.2 Å². The third-order valence-electron chi connectivity index (χ3n) is 3.66. The van der Waals surface area contributed by atoms with Crippen molar-refractivity contribution in [2.45, 2.75) is 6.54 Å². The van der Waals surface area contributed by atoms with E-state index in [1.807, 2.05) is 18.2 Å². The van der Waals surface area contributed by atoms with E-state index < -0.39 is 0 Å². The lowest BCUT2D eigenvalue weighted by Gasteiger charge is -2.34. The van der Waals surface area contributed by atoms with Crippen LogP contribution in [0.25, 0.3) is 0 Å². The minimum atomic E-state index is 0.0407. The number of piperazine rings is 1. The lowest BCUT2D eigenvalue weighted by Crippen LogP contribution is -2.49. The number of halogens is 1. The van der Waals surface area contributed by atoms with Gasteiger partial charge >= 0.3 is 0 Å². The van der Waals surface area contributed by atoms with E-state index in [9.17, 15) is 4.79 Å². The Morgan fingerprint density at radius 3 is 2.61 bits per heavy atom. The van der Waals surface area contributed by atoms with Crippen molar-refractivity contribution >= 4 is 34.8 Å². The molecule has 2 aromatic heterocycles. The Labute approximate surface area is 144 Å².